The van der Waals surface area contributed by atoms with Gasteiger partial charge >= 0.3 is 0 Å². The van der Waals surface area contributed by atoms with Crippen LogP contribution in [0.5, 0.6) is 5.75 Å². The van der Waals surface area contributed by atoms with Crippen molar-refractivity contribution in [3.63, 3.8) is 0 Å². The monoisotopic (exact) mass is 226 g/mol. The van der Waals surface area contributed by atoms with E-state index < -0.39 is 17.8 Å². The van der Waals surface area contributed by atoms with Crippen LogP contribution in [0.2, 0.25) is 0 Å². The second kappa shape index (κ2) is 4.94. The standard InChI is InChI=1S/C11H15FN2O2/c1-14(2)10(11(13)15)8-6-7(12)4-5-9(8)16-3/h4-6,10H,1-3H3,(H2,13,15). The van der Waals surface area contributed by atoms with Crippen molar-refractivity contribution in [1.82, 2.24) is 4.90 Å². The van der Waals surface area contributed by atoms with Gasteiger partial charge in [-0.2, -0.15) is 0 Å². The highest BCUT2D eigenvalue weighted by atomic mass is 19.1. The highest BCUT2D eigenvalue weighted by molar-refractivity contribution is 5.82. The summed E-state index contributed by atoms with van der Waals surface area (Å²) in [6.07, 6.45) is 0. The summed E-state index contributed by atoms with van der Waals surface area (Å²) in [5.74, 6) is -0.531. The summed E-state index contributed by atoms with van der Waals surface area (Å²) in [5.41, 5.74) is 5.72. The fourth-order valence-electron chi connectivity index (χ4n) is 1.60. The maximum atomic E-state index is 13.1. The third-order valence-electron chi connectivity index (χ3n) is 2.27. The largest absolute Gasteiger partial charge is 0.496 e. The first kappa shape index (κ1) is 12.4. The van der Waals surface area contributed by atoms with Crippen molar-refractivity contribution in [2.24, 2.45) is 5.73 Å². The van der Waals surface area contributed by atoms with Crippen LogP contribution in [0.4, 0.5) is 4.39 Å². The molecule has 0 radical (unpaired) electrons. The molecule has 1 aromatic rings. The number of carbonyl (C=O) groups is 1. The molecule has 0 fully saturated rings. The molecule has 0 spiro atoms. The van der Waals surface area contributed by atoms with Crippen molar-refractivity contribution < 1.29 is 13.9 Å². The van der Waals surface area contributed by atoms with Crippen molar-refractivity contribution in [3.8, 4) is 5.75 Å². The number of benzene rings is 1. The van der Waals surface area contributed by atoms with Crippen LogP contribution in [-0.2, 0) is 4.79 Å². The van der Waals surface area contributed by atoms with Gasteiger partial charge < -0.3 is 10.5 Å². The Morgan fingerprint density at radius 1 is 1.50 bits per heavy atom. The van der Waals surface area contributed by atoms with Gasteiger partial charge in [-0.25, -0.2) is 4.39 Å². The van der Waals surface area contributed by atoms with Crippen LogP contribution in [0.1, 0.15) is 11.6 Å². The van der Waals surface area contributed by atoms with Crippen molar-refractivity contribution >= 4 is 5.91 Å². The van der Waals surface area contributed by atoms with Crippen LogP contribution in [0.3, 0.4) is 0 Å². The molecular formula is C11H15FN2O2. The van der Waals surface area contributed by atoms with Gasteiger partial charge in [0.15, 0.2) is 0 Å². The Bertz CT molecular complexity index is 394. The Morgan fingerprint density at radius 2 is 2.12 bits per heavy atom. The summed E-state index contributed by atoms with van der Waals surface area (Å²) >= 11 is 0. The number of halogens is 1. The van der Waals surface area contributed by atoms with E-state index in [1.54, 1.807) is 19.0 Å². The maximum Gasteiger partial charge on any atom is 0.239 e. The second-order valence-electron chi connectivity index (χ2n) is 3.65. The summed E-state index contributed by atoms with van der Waals surface area (Å²) < 4.78 is 18.2. The quantitative estimate of drug-likeness (QED) is 0.830. The average Bonchev–Trinajstić information content (AvgIpc) is 2.17. The summed E-state index contributed by atoms with van der Waals surface area (Å²) in [7, 11) is 4.85. The van der Waals surface area contributed by atoms with Crippen molar-refractivity contribution in [2.45, 2.75) is 6.04 Å². The van der Waals surface area contributed by atoms with Crippen molar-refractivity contribution in [3.05, 3.63) is 29.6 Å². The Kier molecular flexibility index (Phi) is 3.84. The molecule has 0 aliphatic rings. The van der Waals surface area contributed by atoms with Crippen LogP contribution in [0.25, 0.3) is 0 Å². The van der Waals surface area contributed by atoms with E-state index in [-0.39, 0.29) is 0 Å². The van der Waals surface area contributed by atoms with E-state index >= 15 is 0 Å². The molecule has 0 heterocycles. The lowest BCUT2D eigenvalue weighted by molar-refractivity contribution is -0.122. The van der Waals surface area contributed by atoms with Gasteiger partial charge in [0.2, 0.25) is 5.91 Å². The number of amides is 1. The summed E-state index contributed by atoms with van der Waals surface area (Å²) in [6.45, 7) is 0. The van der Waals surface area contributed by atoms with Gasteiger partial charge in [-0.15, -0.1) is 0 Å². The Hall–Kier alpha value is -1.62. The van der Waals surface area contributed by atoms with Gasteiger partial charge in [0.05, 0.1) is 7.11 Å². The van der Waals surface area contributed by atoms with Crippen molar-refractivity contribution in [1.29, 1.82) is 0 Å². The fraction of sp³-hybridized carbons (Fsp3) is 0.364. The number of methoxy groups -OCH3 is 1. The highest BCUT2D eigenvalue weighted by Gasteiger charge is 2.24. The van der Waals surface area contributed by atoms with Gasteiger partial charge in [0.1, 0.15) is 17.6 Å². The predicted molar refractivity (Wildman–Crippen MR) is 58.6 cm³/mol. The molecule has 2 N–H and O–H groups in total. The maximum absolute atomic E-state index is 13.1. The number of rotatable bonds is 4. The molecule has 5 heteroatoms. The Balaban J connectivity index is 3.26. The topological polar surface area (TPSA) is 55.6 Å². The van der Waals surface area contributed by atoms with E-state index in [1.807, 2.05) is 0 Å². The lowest BCUT2D eigenvalue weighted by Crippen LogP contribution is -2.33. The number of ether oxygens (including phenoxy) is 1. The Labute approximate surface area is 93.8 Å². The molecule has 0 aromatic heterocycles. The number of nitrogens with zero attached hydrogens (tertiary/aromatic N) is 1. The molecule has 0 aliphatic carbocycles. The van der Waals surface area contributed by atoms with Crippen LogP contribution in [-0.4, -0.2) is 32.0 Å². The number of primary amides is 1. The van der Waals surface area contributed by atoms with Crippen LogP contribution in [0.15, 0.2) is 18.2 Å². The zero-order valence-corrected chi connectivity index (χ0v) is 9.53. The predicted octanol–water partition coefficient (Wildman–Crippen LogP) is 0.922. The Morgan fingerprint density at radius 3 is 2.56 bits per heavy atom. The van der Waals surface area contributed by atoms with E-state index in [4.69, 9.17) is 10.5 Å². The van der Waals surface area contributed by atoms with E-state index in [0.717, 1.165) is 0 Å². The van der Waals surface area contributed by atoms with Gasteiger partial charge in [0.25, 0.3) is 0 Å². The lowest BCUT2D eigenvalue weighted by Gasteiger charge is -2.23. The average molecular weight is 226 g/mol. The van der Waals surface area contributed by atoms with Gasteiger partial charge in [-0.3, -0.25) is 9.69 Å². The molecule has 1 amide bonds. The van der Waals surface area contributed by atoms with Crippen LogP contribution >= 0.6 is 0 Å². The smallest absolute Gasteiger partial charge is 0.239 e. The molecule has 1 atom stereocenters. The molecule has 88 valence electrons. The zero-order chi connectivity index (χ0) is 12.3. The first-order valence-corrected chi connectivity index (χ1v) is 4.76. The molecule has 1 rings (SSSR count). The minimum absolute atomic E-state index is 0.427. The summed E-state index contributed by atoms with van der Waals surface area (Å²) in [6, 6.07) is 3.31. The zero-order valence-electron chi connectivity index (χ0n) is 9.53. The van der Waals surface area contributed by atoms with E-state index in [2.05, 4.69) is 0 Å². The SMILES string of the molecule is COc1ccc(F)cc1C(C(N)=O)N(C)C. The number of likely N-dealkylation sites (N-methyl/N-ethyl adjacent to an activating group) is 1. The minimum atomic E-state index is -0.703. The number of hydrogen-bond donors (Lipinski definition) is 1. The van der Waals surface area contributed by atoms with E-state index in [0.29, 0.717) is 11.3 Å². The highest BCUT2D eigenvalue weighted by Crippen LogP contribution is 2.28. The molecule has 1 aromatic carbocycles. The van der Waals surface area contributed by atoms with Crippen LogP contribution in [0, 0.1) is 5.82 Å². The third kappa shape index (κ3) is 2.49. The van der Waals surface area contributed by atoms with Crippen LogP contribution < -0.4 is 10.5 Å². The van der Waals surface area contributed by atoms with Crippen molar-refractivity contribution in [2.75, 3.05) is 21.2 Å². The van der Waals surface area contributed by atoms with E-state index in [1.165, 1.54) is 25.3 Å². The first-order valence-electron chi connectivity index (χ1n) is 4.76. The molecular weight excluding hydrogens is 211 g/mol. The number of nitrogens with two attached hydrogens (primary N) is 1. The normalized spacial score (nSPS) is 12.6. The first-order chi connectivity index (χ1) is 7.47. The summed E-state index contributed by atoms with van der Waals surface area (Å²) in [5, 5.41) is 0. The molecule has 4 nitrogen and oxygen atoms in total. The van der Waals surface area contributed by atoms with Gasteiger partial charge in [-0.05, 0) is 32.3 Å². The third-order valence-corrected chi connectivity index (χ3v) is 2.27. The molecule has 0 aliphatic heterocycles. The minimum Gasteiger partial charge on any atom is -0.496 e. The molecule has 0 bridgehead atoms. The lowest BCUT2D eigenvalue weighted by atomic mass is 10.0. The molecule has 0 saturated heterocycles. The van der Waals surface area contributed by atoms with Gasteiger partial charge in [0, 0.05) is 5.56 Å². The summed E-state index contributed by atoms with van der Waals surface area (Å²) in [4.78, 5) is 12.9. The second-order valence-corrected chi connectivity index (χ2v) is 3.65. The fourth-order valence-corrected chi connectivity index (χ4v) is 1.60. The number of hydrogen-bond acceptors (Lipinski definition) is 3. The molecule has 0 saturated carbocycles. The van der Waals surface area contributed by atoms with Gasteiger partial charge in [-0.1, -0.05) is 0 Å². The van der Waals surface area contributed by atoms with E-state index in [9.17, 15) is 9.18 Å². The molecule has 1 unspecified atom stereocenters. The molecule has 16 heavy (non-hydrogen) atoms. The number of carbonyl (C=O) groups excluding carboxylic acids is 1.